The third kappa shape index (κ3) is 2.94. The van der Waals surface area contributed by atoms with Gasteiger partial charge in [0.2, 0.25) is 0 Å². The molecular formula is C16H17NOS2. The molecule has 4 heteroatoms. The standard InChI is InChI=1S/C16H17NOS2/c1-17-9-16-14(11-18-10-12-5-4-8-19-12)13-6-2-3-7-15(13)20-16/h2-8,17H,9-11H2,1H3. The van der Waals surface area contributed by atoms with Gasteiger partial charge in [-0.05, 0) is 29.9 Å². The van der Waals surface area contributed by atoms with Crippen molar-refractivity contribution in [1.29, 1.82) is 0 Å². The molecule has 3 rings (SSSR count). The Kier molecular flexibility index (Phi) is 4.47. The van der Waals surface area contributed by atoms with Gasteiger partial charge in [0, 0.05) is 26.6 Å². The SMILES string of the molecule is CNCc1sc2ccccc2c1COCc1cccs1. The van der Waals surface area contributed by atoms with Crippen LogP contribution < -0.4 is 5.32 Å². The van der Waals surface area contributed by atoms with Gasteiger partial charge in [-0.25, -0.2) is 0 Å². The summed E-state index contributed by atoms with van der Waals surface area (Å²) >= 11 is 3.60. The molecule has 104 valence electrons. The predicted molar refractivity (Wildman–Crippen MR) is 87.4 cm³/mol. The minimum atomic E-state index is 0.679. The maximum atomic E-state index is 5.91. The van der Waals surface area contributed by atoms with Crippen LogP contribution in [-0.2, 0) is 24.5 Å². The van der Waals surface area contributed by atoms with E-state index < -0.39 is 0 Å². The van der Waals surface area contributed by atoms with Crippen molar-refractivity contribution in [2.24, 2.45) is 0 Å². The van der Waals surface area contributed by atoms with Crippen molar-refractivity contribution in [3.8, 4) is 0 Å². The Bertz CT molecular complexity index is 673. The largest absolute Gasteiger partial charge is 0.371 e. The third-order valence-corrected chi connectivity index (χ3v) is 5.25. The summed E-state index contributed by atoms with van der Waals surface area (Å²) in [7, 11) is 1.99. The van der Waals surface area contributed by atoms with Gasteiger partial charge >= 0.3 is 0 Å². The molecule has 1 aromatic carbocycles. The number of thiophene rings is 2. The molecule has 0 bridgehead atoms. The van der Waals surface area contributed by atoms with E-state index in [9.17, 15) is 0 Å². The molecule has 0 atom stereocenters. The zero-order valence-corrected chi connectivity index (χ0v) is 13.0. The smallest absolute Gasteiger partial charge is 0.0813 e. The van der Waals surface area contributed by atoms with Crippen LogP contribution in [0.4, 0.5) is 0 Å². The van der Waals surface area contributed by atoms with E-state index in [0.29, 0.717) is 13.2 Å². The Morgan fingerprint density at radius 3 is 2.80 bits per heavy atom. The molecule has 1 N–H and O–H groups in total. The fourth-order valence-corrected chi connectivity index (χ4v) is 4.12. The van der Waals surface area contributed by atoms with Crippen LogP contribution in [0.2, 0.25) is 0 Å². The van der Waals surface area contributed by atoms with Crippen LogP contribution in [0.25, 0.3) is 10.1 Å². The number of nitrogens with one attached hydrogen (secondary N) is 1. The Labute approximate surface area is 127 Å². The lowest BCUT2D eigenvalue weighted by Crippen LogP contribution is -2.06. The van der Waals surface area contributed by atoms with E-state index in [1.807, 2.05) is 18.4 Å². The van der Waals surface area contributed by atoms with Gasteiger partial charge in [0.25, 0.3) is 0 Å². The highest BCUT2D eigenvalue weighted by atomic mass is 32.1. The number of hydrogen-bond donors (Lipinski definition) is 1. The van der Waals surface area contributed by atoms with Crippen molar-refractivity contribution in [2.45, 2.75) is 19.8 Å². The van der Waals surface area contributed by atoms with Crippen molar-refractivity contribution < 1.29 is 4.74 Å². The molecule has 0 unspecified atom stereocenters. The van der Waals surface area contributed by atoms with Crippen LogP contribution >= 0.6 is 22.7 Å². The minimum absolute atomic E-state index is 0.679. The summed E-state index contributed by atoms with van der Waals surface area (Å²) in [5.41, 5.74) is 1.33. The number of rotatable bonds is 6. The Balaban J connectivity index is 1.79. The minimum Gasteiger partial charge on any atom is -0.371 e. The molecule has 20 heavy (non-hydrogen) atoms. The molecule has 0 radical (unpaired) electrons. The molecule has 0 aliphatic carbocycles. The highest BCUT2D eigenvalue weighted by molar-refractivity contribution is 7.19. The zero-order chi connectivity index (χ0) is 13.8. The van der Waals surface area contributed by atoms with Crippen LogP contribution in [0.5, 0.6) is 0 Å². The number of ether oxygens (including phenoxy) is 1. The van der Waals surface area contributed by atoms with Crippen molar-refractivity contribution >= 4 is 32.8 Å². The summed E-state index contributed by atoms with van der Waals surface area (Å²) in [4.78, 5) is 2.65. The van der Waals surface area contributed by atoms with Crippen LogP contribution in [-0.4, -0.2) is 7.05 Å². The first kappa shape index (κ1) is 13.8. The van der Waals surface area contributed by atoms with E-state index in [-0.39, 0.29) is 0 Å². The van der Waals surface area contributed by atoms with E-state index in [4.69, 9.17) is 4.74 Å². The second-order valence-electron chi connectivity index (χ2n) is 4.60. The summed E-state index contributed by atoms with van der Waals surface area (Å²) in [6.07, 6.45) is 0. The average molecular weight is 303 g/mol. The van der Waals surface area contributed by atoms with Gasteiger partial charge in [-0.2, -0.15) is 0 Å². The van der Waals surface area contributed by atoms with Gasteiger partial charge in [0.15, 0.2) is 0 Å². The normalized spacial score (nSPS) is 11.2. The lowest BCUT2D eigenvalue weighted by molar-refractivity contribution is 0.110. The molecule has 0 fully saturated rings. The summed E-state index contributed by atoms with van der Waals surface area (Å²) in [5, 5.41) is 6.66. The van der Waals surface area contributed by atoms with Crippen molar-refractivity contribution in [3.63, 3.8) is 0 Å². The Hall–Kier alpha value is -1.20. The lowest BCUT2D eigenvalue weighted by Gasteiger charge is -2.05. The number of fused-ring (bicyclic) bond motifs is 1. The van der Waals surface area contributed by atoms with Crippen LogP contribution in [0, 0.1) is 0 Å². The third-order valence-electron chi connectivity index (χ3n) is 3.19. The molecule has 0 amide bonds. The van der Waals surface area contributed by atoms with E-state index in [2.05, 4.69) is 47.1 Å². The first-order chi connectivity index (χ1) is 9.88. The zero-order valence-electron chi connectivity index (χ0n) is 11.4. The summed E-state index contributed by atoms with van der Waals surface area (Å²) < 4.78 is 7.25. The van der Waals surface area contributed by atoms with Gasteiger partial charge in [-0.15, -0.1) is 22.7 Å². The molecule has 2 aromatic heterocycles. The molecule has 0 aliphatic heterocycles. The van der Waals surface area contributed by atoms with E-state index >= 15 is 0 Å². The van der Waals surface area contributed by atoms with E-state index in [1.165, 1.54) is 25.4 Å². The topological polar surface area (TPSA) is 21.3 Å². The maximum absolute atomic E-state index is 5.91. The van der Waals surface area contributed by atoms with Crippen molar-refractivity contribution in [2.75, 3.05) is 7.05 Å². The van der Waals surface area contributed by atoms with Crippen LogP contribution in [0.15, 0.2) is 41.8 Å². The van der Waals surface area contributed by atoms with Crippen LogP contribution in [0.1, 0.15) is 15.3 Å². The summed E-state index contributed by atoms with van der Waals surface area (Å²) in [5.74, 6) is 0. The molecule has 2 heterocycles. The number of benzene rings is 1. The van der Waals surface area contributed by atoms with Gasteiger partial charge in [-0.3, -0.25) is 0 Å². The fourth-order valence-electron chi connectivity index (χ4n) is 2.26. The Morgan fingerprint density at radius 2 is 2.00 bits per heavy atom. The monoisotopic (exact) mass is 303 g/mol. The lowest BCUT2D eigenvalue weighted by atomic mass is 10.1. The van der Waals surface area contributed by atoms with Crippen molar-refractivity contribution in [3.05, 3.63) is 57.1 Å². The second-order valence-corrected chi connectivity index (χ2v) is 6.77. The molecule has 0 spiro atoms. The average Bonchev–Trinajstić information content (AvgIpc) is 3.08. The van der Waals surface area contributed by atoms with Crippen LogP contribution in [0.3, 0.4) is 0 Å². The molecule has 0 saturated heterocycles. The van der Waals surface area contributed by atoms with E-state index in [1.54, 1.807) is 11.3 Å². The van der Waals surface area contributed by atoms with Crippen molar-refractivity contribution in [1.82, 2.24) is 5.32 Å². The Morgan fingerprint density at radius 1 is 1.10 bits per heavy atom. The first-order valence-corrected chi connectivity index (χ1v) is 8.32. The van der Waals surface area contributed by atoms with Gasteiger partial charge in [0.05, 0.1) is 13.2 Å². The molecule has 0 aliphatic rings. The summed E-state index contributed by atoms with van der Waals surface area (Å²) in [6, 6.07) is 12.7. The van der Waals surface area contributed by atoms with Gasteiger partial charge in [0.1, 0.15) is 0 Å². The fraction of sp³-hybridized carbons (Fsp3) is 0.250. The van der Waals surface area contributed by atoms with Gasteiger partial charge < -0.3 is 10.1 Å². The first-order valence-electron chi connectivity index (χ1n) is 6.62. The molecule has 3 aromatic rings. The van der Waals surface area contributed by atoms with Gasteiger partial charge in [-0.1, -0.05) is 24.3 Å². The molecule has 2 nitrogen and oxygen atoms in total. The highest BCUT2D eigenvalue weighted by Gasteiger charge is 2.11. The second kappa shape index (κ2) is 6.50. The maximum Gasteiger partial charge on any atom is 0.0813 e. The molecule has 0 saturated carbocycles. The number of hydrogen-bond acceptors (Lipinski definition) is 4. The highest BCUT2D eigenvalue weighted by Crippen LogP contribution is 2.32. The molecular weight excluding hydrogens is 286 g/mol. The summed E-state index contributed by atoms with van der Waals surface area (Å²) in [6.45, 7) is 2.27. The quantitative estimate of drug-likeness (QED) is 0.729. The van der Waals surface area contributed by atoms with E-state index in [0.717, 1.165) is 6.54 Å². The predicted octanol–water partition coefficient (Wildman–Crippen LogP) is 4.40.